The minimum absolute atomic E-state index is 0.000123. The first-order valence-corrected chi connectivity index (χ1v) is 8.48. The van der Waals surface area contributed by atoms with E-state index in [0.29, 0.717) is 22.0 Å². The molecule has 0 radical (unpaired) electrons. The number of rotatable bonds is 5. The first-order chi connectivity index (χ1) is 12.3. The molecule has 0 saturated carbocycles. The van der Waals surface area contributed by atoms with Gasteiger partial charge in [0.1, 0.15) is 6.04 Å². The second-order valence-electron chi connectivity index (χ2n) is 5.81. The van der Waals surface area contributed by atoms with Crippen molar-refractivity contribution in [2.45, 2.75) is 18.9 Å². The van der Waals surface area contributed by atoms with E-state index >= 15 is 0 Å². The molecular formula is C18H13Cl2N2O4-. The monoisotopic (exact) mass is 391 g/mol. The van der Waals surface area contributed by atoms with Gasteiger partial charge in [-0.1, -0.05) is 35.3 Å². The number of carboxylic acids is 1. The summed E-state index contributed by atoms with van der Waals surface area (Å²) in [7, 11) is 0. The summed E-state index contributed by atoms with van der Waals surface area (Å²) in [5.74, 6) is -1.91. The minimum atomic E-state index is -1.17. The summed E-state index contributed by atoms with van der Waals surface area (Å²) in [5.41, 5.74) is 1.55. The van der Waals surface area contributed by atoms with E-state index in [1.807, 2.05) is 0 Å². The van der Waals surface area contributed by atoms with Gasteiger partial charge < -0.3 is 15.2 Å². The Labute approximate surface area is 159 Å². The number of hydrogen-bond acceptors (Lipinski definition) is 5. The average Bonchev–Trinajstić information content (AvgIpc) is 2.85. The first kappa shape index (κ1) is 18.2. The summed E-state index contributed by atoms with van der Waals surface area (Å²) in [6, 6.07) is 10.4. The van der Waals surface area contributed by atoms with Gasteiger partial charge in [0.25, 0.3) is 5.91 Å². The number of anilines is 2. The summed E-state index contributed by atoms with van der Waals surface area (Å²) >= 11 is 11.8. The number of amides is 2. The van der Waals surface area contributed by atoms with Crippen molar-refractivity contribution in [3.8, 4) is 0 Å². The van der Waals surface area contributed by atoms with Gasteiger partial charge in [-0.25, -0.2) is 4.90 Å². The number of nitrogens with one attached hydrogen (secondary N) is 1. The number of carbonyl (C=O) groups is 3. The molecule has 6 nitrogen and oxygen atoms in total. The van der Waals surface area contributed by atoms with Crippen LogP contribution in [-0.4, -0.2) is 23.8 Å². The Balaban J connectivity index is 1.74. The van der Waals surface area contributed by atoms with Crippen molar-refractivity contribution in [1.82, 2.24) is 0 Å². The van der Waals surface area contributed by atoms with Crippen LogP contribution in [0.5, 0.6) is 0 Å². The van der Waals surface area contributed by atoms with E-state index in [9.17, 15) is 19.5 Å². The molecule has 0 unspecified atom stereocenters. The lowest BCUT2D eigenvalue weighted by Gasteiger charge is -2.17. The highest BCUT2D eigenvalue weighted by molar-refractivity contribution is 6.42. The quantitative estimate of drug-likeness (QED) is 0.787. The van der Waals surface area contributed by atoms with Crippen LogP contribution < -0.4 is 15.3 Å². The largest absolute Gasteiger partial charge is 0.550 e. The summed E-state index contributed by atoms with van der Waals surface area (Å²) in [4.78, 5) is 36.6. The van der Waals surface area contributed by atoms with Crippen LogP contribution in [0.1, 0.15) is 12.0 Å². The van der Waals surface area contributed by atoms with Gasteiger partial charge >= 0.3 is 0 Å². The van der Waals surface area contributed by atoms with Crippen molar-refractivity contribution < 1.29 is 19.5 Å². The molecule has 134 valence electrons. The minimum Gasteiger partial charge on any atom is -0.550 e. The maximum absolute atomic E-state index is 12.6. The molecule has 3 rings (SSSR count). The van der Waals surface area contributed by atoms with Gasteiger partial charge in [-0.15, -0.1) is 0 Å². The number of hydrogen-bond donors (Lipinski definition) is 1. The number of carboxylic acid groups (broad SMARTS) is 1. The number of nitrogens with zero attached hydrogens (tertiary/aromatic N) is 1. The zero-order valence-corrected chi connectivity index (χ0v) is 14.9. The Hall–Kier alpha value is -2.57. The molecule has 0 bridgehead atoms. The van der Waals surface area contributed by atoms with Gasteiger partial charge in [-0.05, 0) is 35.9 Å². The van der Waals surface area contributed by atoms with Crippen LogP contribution in [0.25, 0.3) is 0 Å². The highest BCUT2D eigenvalue weighted by atomic mass is 35.5. The summed E-state index contributed by atoms with van der Waals surface area (Å²) < 4.78 is 0. The molecule has 8 heteroatoms. The van der Waals surface area contributed by atoms with Crippen LogP contribution in [0.2, 0.25) is 10.0 Å². The second kappa shape index (κ2) is 7.35. The topological polar surface area (TPSA) is 89.5 Å². The van der Waals surface area contributed by atoms with Crippen molar-refractivity contribution in [3.05, 3.63) is 58.1 Å². The Morgan fingerprint density at radius 2 is 1.81 bits per heavy atom. The van der Waals surface area contributed by atoms with E-state index in [1.54, 1.807) is 30.3 Å². The predicted octanol–water partition coefficient (Wildman–Crippen LogP) is 2.03. The third-order valence-corrected chi connectivity index (χ3v) is 4.69. The third kappa shape index (κ3) is 3.81. The lowest BCUT2D eigenvalue weighted by molar-refractivity contribution is -0.304. The van der Waals surface area contributed by atoms with Gasteiger partial charge in [-0.2, -0.15) is 0 Å². The van der Waals surface area contributed by atoms with Gasteiger partial charge in [0.2, 0.25) is 5.91 Å². The smallest absolute Gasteiger partial charge is 0.256 e. The predicted molar refractivity (Wildman–Crippen MR) is 96.1 cm³/mol. The molecule has 1 heterocycles. The molecule has 0 spiro atoms. The van der Waals surface area contributed by atoms with Gasteiger partial charge in [0.15, 0.2) is 0 Å². The van der Waals surface area contributed by atoms with E-state index < -0.39 is 17.9 Å². The van der Waals surface area contributed by atoms with E-state index in [-0.39, 0.29) is 23.8 Å². The Kier molecular flexibility index (Phi) is 5.15. The Morgan fingerprint density at radius 3 is 2.42 bits per heavy atom. The molecule has 2 aromatic rings. The fourth-order valence-corrected chi connectivity index (χ4v) is 3.02. The molecule has 26 heavy (non-hydrogen) atoms. The average molecular weight is 392 g/mol. The second-order valence-corrected chi connectivity index (χ2v) is 6.63. The molecule has 1 N–H and O–H groups in total. The fraction of sp³-hybridized carbons (Fsp3) is 0.167. The molecule has 1 aliphatic rings. The molecule has 1 atom stereocenters. The Morgan fingerprint density at radius 1 is 1.12 bits per heavy atom. The summed E-state index contributed by atoms with van der Waals surface area (Å²) in [6.45, 7) is 0. The normalized spacial score (nSPS) is 16.8. The van der Waals surface area contributed by atoms with Crippen molar-refractivity contribution >= 4 is 52.4 Å². The van der Waals surface area contributed by atoms with Crippen LogP contribution >= 0.6 is 23.2 Å². The Bertz CT molecular complexity index is 883. The lowest BCUT2D eigenvalue weighted by atomic mass is 10.1. The maximum atomic E-state index is 12.6. The molecule has 0 aliphatic carbocycles. The van der Waals surface area contributed by atoms with Crippen molar-refractivity contribution in [2.24, 2.45) is 0 Å². The first-order valence-electron chi connectivity index (χ1n) is 7.72. The zero-order valence-electron chi connectivity index (χ0n) is 13.4. The van der Waals surface area contributed by atoms with Crippen LogP contribution in [0.15, 0.2) is 42.5 Å². The lowest BCUT2D eigenvalue weighted by Crippen LogP contribution is -2.34. The van der Waals surface area contributed by atoms with Gasteiger partial charge in [0.05, 0.1) is 22.2 Å². The number of halogens is 2. The van der Waals surface area contributed by atoms with Gasteiger partial charge in [-0.3, -0.25) is 9.59 Å². The number of aliphatic carboxylic acids is 1. The maximum Gasteiger partial charge on any atom is 0.256 e. The van der Waals surface area contributed by atoms with Crippen LogP contribution in [0.3, 0.4) is 0 Å². The van der Waals surface area contributed by atoms with Crippen LogP contribution in [0.4, 0.5) is 11.4 Å². The SMILES string of the molecule is O=C([O-])Cc1ccc(N[C@@H]2CC(=O)N(c3ccc(Cl)c(Cl)c3)C2=O)cc1. The van der Waals surface area contributed by atoms with E-state index in [1.165, 1.54) is 12.1 Å². The van der Waals surface area contributed by atoms with Crippen LogP contribution in [-0.2, 0) is 20.8 Å². The van der Waals surface area contributed by atoms with E-state index in [2.05, 4.69) is 5.32 Å². The summed E-state index contributed by atoms with van der Waals surface area (Å²) in [6.07, 6.45) is -0.188. The molecule has 1 saturated heterocycles. The highest BCUT2D eigenvalue weighted by Crippen LogP contribution is 2.30. The fourth-order valence-electron chi connectivity index (χ4n) is 2.73. The van der Waals surface area contributed by atoms with Crippen LogP contribution in [0, 0.1) is 0 Å². The molecule has 1 fully saturated rings. The number of imide groups is 1. The summed E-state index contributed by atoms with van der Waals surface area (Å²) in [5, 5.41) is 14.2. The highest BCUT2D eigenvalue weighted by Gasteiger charge is 2.39. The molecule has 0 aromatic heterocycles. The number of carbonyl (C=O) groups excluding carboxylic acids is 3. The molecule has 2 amide bonds. The van der Waals surface area contributed by atoms with E-state index in [0.717, 1.165) is 4.90 Å². The number of benzene rings is 2. The molecule has 2 aromatic carbocycles. The van der Waals surface area contributed by atoms with Gasteiger partial charge in [0, 0.05) is 18.1 Å². The van der Waals surface area contributed by atoms with Crippen molar-refractivity contribution in [2.75, 3.05) is 10.2 Å². The standard InChI is InChI=1S/C18H14Cl2N2O4/c19-13-6-5-12(8-14(13)20)22-16(23)9-15(18(22)26)21-11-3-1-10(2-4-11)7-17(24)25/h1-6,8,15,21H,7,9H2,(H,24,25)/p-1/t15-/m1/s1. The van der Waals surface area contributed by atoms with E-state index in [4.69, 9.17) is 23.2 Å². The van der Waals surface area contributed by atoms with Crippen molar-refractivity contribution in [1.29, 1.82) is 0 Å². The third-order valence-electron chi connectivity index (χ3n) is 3.95. The molecular weight excluding hydrogens is 379 g/mol. The zero-order chi connectivity index (χ0) is 18.8. The van der Waals surface area contributed by atoms with Crippen molar-refractivity contribution in [3.63, 3.8) is 0 Å². The molecule has 1 aliphatic heterocycles.